The summed E-state index contributed by atoms with van der Waals surface area (Å²) in [4.78, 5) is 11.1. The Bertz CT molecular complexity index is 118. The van der Waals surface area contributed by atoms with Gasteiger partial charge in [-0.1, -0.05) is 0 Å². The molecule has 1 atom stereocenters. The zero-order valence-corrected chi connectivity index (χ0v) is 14.1. The summed E-state index contributed by atoms with van der Waals surface area (Å²) in [5.74, 6) is 0.157. The number of hydrogen-bond acceptors (Lipinski definition) is 2. The van der Waals surface area contributed by atoms with Crippen LogP contribution in [0.3, 0.4) is 0 Å². The largest absolute Gasteiger partial charge is 0 e. The van der Waals surface area contributed by atoms with Gasteiger partial charge in [-0.15, -0.1) is 0 Å². The van der Waals surface area contributed by atoms with E-state index in [0.717, 1.165) is 25.7 Å². The average molecular weight is 274 g/mol. The Balaban J connectivity index is 0. The van der Waals surface area contributed by atoms with Gasteiger partial charge in [0.1, 0.15) is 0 Å². The van der Waals surface area contributed by atoms with E-state index in [4.69, 9.17) is 3.56 Å². The quantitative estimate of drug-likeness (QED) is 0.718. The minimum atomic E-state index is 0. The van der Waals surface area contributed by atoms with Crippen molar-refractivity contribution in [3.63, 3.8) is 0 Å². The summed E-state index contributed by atoms with van der Waals surface area (Å²) < 4.78 is 4.79. The maximum absolute atomic E-state index is 11.1. The SMILES string of the molecule is CCCCC(CC)C(=O)[O][Zn].[Zn]. The molecule has 0 saturated heterocycles. The van der Waals surface area contributed by atoms with Crippen molar-refractivity contribution in [3.05, 3.63) is 0 Å². The molecule has 63 valence electrons. The third-order valence-corrected chi connectivity index (χ3v) is 2.47. The molecule has 0 N–H and O–H groups in total. The van der Waals surface area contributed by atoms with E-state index in [1.807, 2.05) is 6.92 Å². The van der Waals surface area contributed by atoms with Crippen LogP contribution in [0.1, 0.15) is 39.5 Å². The first kappa shape index (κ1) is 15.2. The van der Waals surface area contributed by atoms with Gasteiger partial charge in [-0.05, 0) is 0 Å². The molecule has 0 aliphatic rings. The van der Waals surface area contributed by atoms with Crippen molar-refractivity contribution in [3.8, 4) is 0 Å². The van der Waals surface area contributed by atoms with E-state index in [1.54, 1.807) is 0 Å². The second kappa shape index (κ2) is 9.80. The fourth-order valence-corrected chi connectivity index (χ4v) is 1.55. The molecule has 0 spiro atoms. The van der Waals surface area contributed by atoms with Crippen LogP contribution in [0.25, 0.3) is 0 Å². The molecule has 0 aromatic heterocycles. The van der Waals surface area contributed by atoms with Gasteiger partial charge in [-0.3, -0.25) is 0 Å². The normalized spacial score (nSPS) is 11.7. The molecule has 0 radical (unpaired) electrons. The van der Waals surface area contributed by atoms with Crippen molar-refractivity contribution in [2.75, 3.05) is 0 Å². The number of carbonyl (C=O) groups excluding carboxylic acids is 1. The summed E-state index contributed by atoms with van der Waals surface area (Å²) >= 11 is 0.626. The molecular formula is C8H15O2Zn2. The van der Waals surface area contributed by atoms with Crippen LogP contribution in [0.5, 0.6) is 0 Å². The van der Waals surface area contributed by atoms with Crippen molar-refractivity contribution in [2.24, 2.45) is 5.92 Å². The Morgan fingerprint density at radius 3 is 2.42 bits per heavy atom. The summed E-state index contributed by atoms with van der Waals surface area (Å²) in [6.07, 6.45) is 4.20. The first-order valence-corrected chi connectivity index (χ1v) is 5.43. The Labute approximate surface area is 97.7 Å². The molecule has 1 unspecified atom stereocenters. The molecule has 0 rings (SSSR count). The molecular weight excluding hydrogens is 259 g/mol. The minimum absolute atomic E-state index is 0. The first-order valence-electron chi connectivity index (χ1n) is 4.22. The number of hydrogen-bond donors (Lipinski definition) is 0. The van der Waals surface area contributed by atoms with Crippen LogP contribution in [0.2, 0.25) is 0 Å². The third kappa shape index (κ3) is 6.26. The zero-order chi connectivity index (χ0) is 8.69. The van der Waals surface area contributed by atoms with Crippen LogP contribution in [-0.2, 0) is 46.5 Å². The summed E-state index contributed by atoms with van der Waals surface area (Å²) in [7, 11) is 0. The molecule has 0 aliphatic carbocycles. The fourth-order valence-electron chi connectivity index (χ4n) is 1.06. The van der Waals surface area contributed by atoms with Crippen molar-refractivity contribution >= 4 is 5.97 Å². The van der Waals surface area contributed by atoms with E-state index in [-0.39, 0.29) is 31.4 Å². The second-order valence-corrected chi connectivity index (χ2v) is 3.32. The van der Waals surface area contributed by atoms with E-state index < -0.39 is 0 Å². The Kier molecular flexibility index (Phi) is 12.4. The maximum Gasteiger partial charge on any atom is 0 e. The Morgan fingerprint density at radius 2 is 2.08 bits per heavy atom. The smallest absolute Gasteiger partial charge is 0 e. The summed E-state index contributed by atoms with van der Waals surface area (Å²) in [5, 5.41) is 0. The van der Waals surface area contributed by atoms with Gasteiger partial charge in [0.15, 0.2) is 0 Å². The molecule has 2 nitrogen and oxygen atoms in total. The number of carbonyl (C=O) groups is 1. The van der Waals surface area contributed by atoms with Gasteiger partial charge in [0, 0.05) is 19.5 Å². The van der Waals surface area contributed by atoms with Gasteiger partial charge in [0.2, 0.25) is 0 Å². The average Bonchev–Trinajstić information content (AvgIpc) is 2.05. The molecule has 0 fully saturated rings. The van der Waals surface area contributed by atoms with Crippen LogP contribution in [0.15, 0.2) is 0 Å². The van der Waals surface area contributed by atoms with Gasteiger partial charge in [-0.25, -0.2) is 0 Å². The van der Waals surface area contributed by atoms with E-state index in [9.17, 15) is 4.79 Å². The van der Waals surface area contributed by atoms with E-state index in [2.05, 4.69) is 6.92 Å². The number of unbranched alkanes of at least 4 members (excludes halogenated alkanes) is 1. The molecule has 0 heterocycles. The second-order valence-electron chi connectivity index (χ2n) is 2.71. The summed E-state index contributed by atoms with van der Waals surface area (Å²) in [6.45, 7) is 4.18. The van der Waals surface area contributed by atoms with Crippen molar-refractivity contribution in [2.45, 2.75) is 39.5 Å². The minimum Gasteiger partial charge on any atom is 0 e. The molecule has 0 amide bonds. The fraction of sp³-hybridized carbons (Fsp3) is 0.875. The van der Waals surface area contributed by atoms with Crippen LogP contribution in [-0.4, -0.2) is 5.97 Å². The molecule has 0 aromatic carbocycles. The van der Waals surface area contributed by atoms with Crippen LogP contribution in [0, 0.1) is 5.92 Å². The van der Waals surface area contributed by atoms with Gasteiger partial charge in [0.25, 0.3) is 0 Å². The zero-order valence-electron chi connectivity index (χ0n) is 8.14. The van der Waals surface area contributed by atoms with Crippen molar-refractivity contribution in [1.29, 1.82) is 0 Å². The maximum atomic E-state index is 11.1. The van der Waals surface area contributed by atoms with E-state index in [1.165, 1.54) is 0 Å². The first-order chi connectivity index (χ1) is 5.26. The van der Waals surface area contributed by atoms with Gasteiger partial charge < -0.3 is 0 Å². The molecule has 0 saturated carbocycles. The van der Waals surface area contributed by atoms with Gasteiger partial charge in [0.05, 0.1) is 0 Å². The van der Waals surface area contributed by atoms with Crippen LogP contribution >= 0.6 is 0 Å². The van der Waals surface area contributed by atoms with Gasteiger partial charge in [-0.2, -0.15) is 0 Å². The standard InChI is InChI=1S/C8H16O2.2Zn/c1-3-5-6-7(4-2)8(9)10;;/h7H,3-6H2,1-2H3,(H,9,10);;/q;;+1/p-1. The van der Waals surface area contributed by atoms with E-state index >= 15 is 0 Å². The van der Waals surface area contributed by atoms with Crippen molar-refractivity contribution in [1.82, 2.24) is 0 Å². The Hall–Kier alpha value is 0.717. The predicted molar refractivity (Wildman–Crippen MR) is 39.4 cm³/mol. The predicted octanol–water partition coefficient (Wildman–Crippen LogP) is 2.21. The third-order valence-electron chi connectivity index (χ3n) is 1.87. The van der Waals surface area contributed by atoms with Crippen LogP contribution < -0.4 is 0 Å². The van der Waals surface area contributed by atoms with E-state index in [0.29, 0.717) is 18.7 Å². The monoisotopic (exact) mass is 271 g/mol. The summed E-state index contributed by atoms with van der Waals surface area (Å²) in [5.41, 5.74) is 0. The molecule has 4 heteroatoms. The molecule has 12 heavy (non-hydrogen) atoms. The molecule has 0 bridgehead atoms. The number of rotatable bonds is 5. The topological polar surface area (TPSA) is 26.3 Å². The Morgan fingerprint density at radius 1 is 1.50 bits per heavy atom. The van der Waals surface area contributed by atoms with Crippen LogP contribution in [0.4, 0.5) is 0 Å². The molecule has 0 aromatic rings. The molecule has 0 aliphatic heterocycles. The van der Waals surface area contributed by atoms with Gasteiger partial charge >= 0.3 is 78.4 Å². The van der Waals surface area contributed by atoms with Crippen molar-refractivity contribution < 1.29 is 46.5 Å². The summed E-state index contributed by atoms with van der Waals surface area (Å²) in [6, 6.07) is 0.